The number of rotatable bonds is 6. The van der Waals surface area contributed by atoms with E-state index in [2.05, 4.69) is 0 Å². The average Bonchev–Trinajstić information content (AvgIpc) is 2.71. The second kappa shape index (κ2) is 7.03. The van der Waals surface area contributed by atoms with E-state index in [1.807, 2.05) is 39.8 Å². The van der Waals surface area contributed by atoms with Crippen LogP contribution in [0.2, 0.25) is 0 Å². The van der Waals surface area contributed by atoms with Crippen molar-refractivity contribution in [3.8, 4) is 11.5 Å². The van der Waals surface area contributed by atoms with Crippen molar-refractivity contribution in [3.05, 3.63) is 18.2 Å². The highest BCUT2D eigenvalue weighted by Crippen LogP contribution is 2.37. The zero-order valence-corrected chi connectivity index (χ0v) is 15.2. The van der Waals surface area contributed by atoms with Crippen LogP contribution in [0.5, 0.6) is 11.5 Å². The Balaban J connectivity index is 2.13. The van der Waals surface area contributed by atoms with Crippen LogP contribution in [-0.2, 0) is 18.8 Å². The molecule has 1 aliphatic heterocycles. The van der Waals surface area contributed by atoms with Crippen molar-refractivity contribution in [2.24, 2.45) is 0 Å². The molecule has 0 aromatic heterocycles. The lowest BCUT2D eigenvalue weighted by atomic mass is 9.79. The average molecular weight is 336 g/mol. The Kier molecular flexibility index (Phi) is 5.45. The van der Waals surface area contributed by atoms with Gasteiger partial charge in [0.05, 0.1) is 18.3 Å². The maximum Gasteiger partial charge on any atom is 0.495 e. The van der Waals surface area contributed by atoms with Gasteiger partial charge in [-0.1, -0.05) is 0 Å². The molecule has 1 heterocycles. The molecule has 0 atom stereocenters. The molecule has 1 saturated heterocycles. The summed E-state index contributed by atoms with van der Waals surface area (Å²) in [5, 5.41) is 0. The van der Waals surface area contributed by atoms with Gasteiger partial charge in [-0.3, -0.25) is 4.79 Å². The van der Waals surface area contributed by atoms with Crippen LogP contribution >= 0.6 is 0 Å². The van der Waals surface area contributed by atoms with Crippen molar-refractivity contribution in [3.63, 3.8) is 0 Å². The van der Waals surface area contributed by atoms with Gasteiger partial charge in [-0.05, 0) is 45.3 Å². The molecule has 0 bridgehead atoms. The largest absolute Gasteiger partial charge is 0.497 e. The van der Waals surface area contributed by atoms with Gasteiger partial charge in [0.25, 0.3) is 0 Å². The van der Waals surface area contributed by atoms with Gasteiger partial charge in [-0.25, -0.2) is 0 Å². The number of carbonyl (C=O) groups is 1. The molecule has 1 aromatic carbocycles. The van der Waals surface area contributed by atoms with Crippen LogP contribution in [0.25, 0.3) is 0 Å². The normalized spacial score (nSPS) is 18.3. The number of carbonyl (C=O) groups excluding carboxylic acids is 1. The summed E-state index contributed by atoms with van der Waals surface area (Å²) in [5.41, 5.74) is -0.0238. The first kappa shape index (κ1) is 18.6. The van der Waals surface area contributed by atoms with Crippen molar-refractivity contribution in [1.29, 1.82) is 0 Å². The summed E-state index contributed by atoms with van der Waals surface area (Å²) in [6.07, 6.45) is 0. The van der Waals surface area contributed by atoms with E-state index in [0.29, 0.717) is 11.5 Å². The molecule has 0 radical (unpaired) electrons. The molecule has 0 spiro atoms. The van der Waals surface area contributed by atoms with Crippen molar-refractivity contribution >= 4 is 18.6 Å². The summed E-state index contributed by atoms with van der Waals surface area (Å²) < 4.78 is 27.9. The van der Waals surface area contributed by atoms with Crippen LogP contribution in [0.4, 0.5) is 0 Å². The summed E-state index contributed by atoms with van der Waals surface area (Å²) in [6, 6.07) is 5.47. The zero-order chi connectivity index (χ0) is 18.0. The topological polar surface area (TPSA) is 63.2 Å². The van der Waals surface area contributed by atoms with E-state index < -0.39 is 18.3 Å². The molecule has 24 heavy (non-hydrogen) atoms. The van der Waals surface area contributed by atoms with Crippen LogP contribution < -0.4 is 14.9 Å². The van der Waals surface area contributed by atoms with E-state index in [1.165, 1.54) is 6.92 Å². The second-order valence-electron chi connectivity index (χ2n) is 6.72. The van der Waals surface area contributed by atoms with Crippen molar-refractivity contribution < 1.29 is 28.3 Å². The first-order valence-corrected chi connectivity index (χ1v) is 7.95. The maximum absolute atomic E-state index is 10.8. The summed E-state index contributed by atoms with van der Waals surface area (Å²) in [5.74, 6) is 0.915. The Bertz CT molecular complexity index is 583. The monoisotopic (exact) mass is 336 g/mol. The Morgan fingerprint density at radius 1 is 1.04 bits per heavy atom. The second-order valence-corrected chi connectivity index (χ2v) is 6.72. The lowest BCUT2D eigenvalue weighted by molar-refractivity contribution is -0.141. The van der Waals surface area contributed by atoms with E-state index >= 15 is 0 Å². The SMILES string of the molecule is COc1cc(OCCOC(C)=O)cc(B2OC(C)(C)C(C)(C)O2)c1. The highest BCUT2D eigenvalue weighted by Gasteiger charge is 2.51. The van der Waals surface area contributed by atoms with Crippen molar-refractivity contribution in [2.45, 2.75) is 45.8 Å². The fourth-order valence-corrected chi connectivity index (χ4v) is 2.26. The molecule has 1 fully saturated rings. The Morgan fingerprint density at radius 2 is 1.62 bits per heavy atom. The van der Waals surface area contributed by atoms with Crippen LogP contribution in [0, 0.1) is 0 Å². The van der Waals surface area contributed by atoms with Crippen LogP contribution in [0.15, 0.2) is 18.2 Å². The fraction of sp³-hybridized carbons (Fsp3) is 0.588. The molecule has 1 aromatic rings. The van der Waals surface area contributed by atoms with Gasteiger partial charge >= 0.3 is 13.1 Å². The molecule has 0 saturated carbocycles. The number of methoxy groups -OCH3 is 1. The number of hydrogen-bond acceptors (Lipinski definition) is 6. The number of benzene rings is 1. The number of hydrogen-bond donors (Lipinski definition) is 0. The third kappa shape index (κ3) is 4.21. The smallest absolute Gasteiger partial charge is 0.495 e. The van der Waals surface area contributed by atoms with Gasteiger partial charge in [0.15, 0.2) is 0 Å². The van der Waals surface area contributed by atoms with Gasteiger partial charge in [0.1, 0.15) is 24.7 Å². The Hall–Kier alpha value is -1.73. The highest BCUT2D eigenvalue weighted by molar-refractivity contribution is 6.62. The minimum Gasteiger partial charge on any atom is -0.497 e. The van der Waals surface area contributed by atoms with Crippen molar-refractivity contribution in [1.82, 2.24) is 0 Å². The van der Waals surface area contributed by atoms with Crippen LogP contribution in [0.3, 0.4) is 0 Å². The molecule has 1 aliphatic rings. The zero-order valence-electron chi connectivity index (χ0n) is 15.2. The number of ether oxygens (including phenoxy) is 3. The quantitative estimate of drug-likeness (QED) is 0.449. The lowest BCUT2D eigenvalue weighted by Gasteiger charge is -2.32. The molecule has 0 N–H and O–H groups in total. The van der Waals surface area contributed by atoms with Crippen LogP contribution in [0.1, 0.15) is 34.6 Å². The third-order valence-electron chi connectivity index (χ3n) is 4.32. The van der Waals surface area contributed by atoms with E-state index in [1.54, 1.807) is 13.2 Å². The molecule has 6 nitrogen and oxygen atoms in total. The van der Waals surface area contributed by atoms with Gasteiger partial charge in [-0.2, -0.15) is 0 Å². The van der Waals surface area contributed by atoms with Gasteiger partial charge in [0, 0.05) is 13.0 Å². The predicted molar refractivity (Wildman–Crippen MR) is 90.8 cm³/mol. The molecule has 2 rings (SSSR count). The third-order valence-corrected chi connectivity index (χ3v) is 4.32. The Morgan fingerprint density at radius 3 is 2.17 bits per heavy atom. The predicted octanol–water partition coefficient (Wildman–Crippen LogP) is 1.94. The van der Waals surface area contributed by atoms with E-state index in [-0.39, 0.29) is 19.2 Å². The first-order chi connectivity index (χ1) is 11.1. The van der Waals surface area contributed by atoms with E-state index in [4.69, 9.17) is 23.5 Å². The molecule has 0 aliphatic carbocycles. The lowest BCUT2D eigenvalue weighted by Crippen LogP contribution is -2.41. The van der Waals surface area contributed by atoms with E-state index in [0.717, 1.165) is 5.46 Å². The van der Waals surface area contributed by atoms with Gasteiger partial charge in [-0.15, -0.1) is 0 Å². The molecule has 0 amide bonds. The maximum atomic E-state index is 10.8. The Labute approximate surface area is 143 Å². The van der Waals surface area contributed by atoms with Gasteiger partial charge < -0.3 is 23.5 Å². The molecule has 132 valence electrons. The van der Waals surface area contributed by atoms with Crippen molar-refractivity contribution in [2.75, 3.05) is 20.3 Å². The van der Waals surface area contributed by atoms with Crippen LogP contribution in [-0.4, -0.2) is 44.6 Å². The van der Waals surface area contributed by atoms with E-state index in [9.17, 15) is 4.79 Å². The summed E-state index contributed by atoms with van der Waals surface area (Å²) in [7, 11) is 1.09. The standard InChI is InChI=1S/C17H25BO6/c1-12(19)21-7-8-22-15-10-13(9-14(11-15)20-6)18-23-16(2,3)17(4,5)24-18/h9-11H,7-8H2,1-6H3. The summed E-state index contributed by atoms with van der Waals surface area (Å²) in [6.45, 7) is 9.83. The highest BCUT2D eigenvalue weighted by atomic mass is 16.7. The molecule has 7 heteroatoms. The molecular formula is C17H25BO6. The fourth-order valence-electron chi connectivity index (χ4n) is 2.26. The summed E-state index contributed by atoms with van der Waals surface area (Å²) in [4.78, 5) is 10.8. The summed E-state index contributed by atoms with van der Waals surface area (Å²) >= 11 is 0. The minimum atomic E-state index is -0.499. The minimum absolute atomic E-state index is 0.193. The van der Waals surface area contributed by atoms with Gasteiger partial charge in [0.2, 0.25) is 0 Å². The first-order valence-electron chi connectivity index (χ1n) is 7.95. The molecule has 0 unspecified atom stereocenters. The molecular weight excluding hydrogens is 311 g/mol. The number of esters is 1.